The van der Waals surface area contributed by atoms with Gasteiger partial charge in [0.05, 0.1) is 18.1 Å². The maximum atomic E-state index is 12.7. The van der Waals surface area contributed by atoms with Crippen LogP contribution in [-0.4, -0.2) is 48.7 Å². The highest BCUT2D eigenvalue weighted by molar-refractivity contribution is 5.80. The van der Waals surface area contributed by atoms with Crippen LogP contribution in [0.3, 0.4) is 0 Å². The van der Waals surface area contributed by atoms with Gasteiger partial charge in [-0.05, 0) is 39.2 Å². The van der Waals surface area contributed by atoms with Crippen molar-refractivity contribution in [2.75, 3.05) is 19.6 Å². The second kappa shape index (κ2) is 6.23. The highest BCUT2D eigenvalue weighted by Crippen LogP contribution is 2.34. The summed E-state index contributed by atoms with van der Waals surface area (Å²) in [4.78, 5) is 14.7. The Bertz CT molecular complexity index is 313. The molecule has 110 valence electrons. The summed E-state index contributed by atoms with van der Waals surface area (Å²) in [7, 11) is 0. The largest absolute Gasteiger partial charge is 0.374 e. The van der Waals surface area contributed by atoms with Crippen LogP contribution >= 0.6 is 0 Å². The molecule has 1 amide bonds. The summed E-state index contributed by atoms with van der Waals surface area (Å²) < 4.78 is 5.80. The van der Waals surface area contributed by atoms with E-state index in [-0.39, 0.29) is 18.1 Å². The van der Waals surface area contributed by atoms with E-state index in [0.29, 0.717) is 17.9 Å². The Balaban J connectivity index is 1.91. The first-order chi connectivity index (χ1) is 9.04. The predicted molar refractivity (Wildman–Crippen MR) is 75.9 cm³/mol. The molecule has 0 bridgehead atoms. The maximum Gasteiger partial charge on any atom is 0.228 e. The van der Waals surface area contributed by atoms with Crippen LogP contribution in [0.4, 0.5) is 0 Å². The molecule has 0 radical (unpaired) electrons. The monoisotopic (exact) mass is 268 g/mol. The molecule has 2 aliphatic heterocycles. The number of likely N-dealkylation sites (tertiary alicyclic amines) is 1. The van der Waals surface area contributed by atoms with Gasteiger partial charge in [-0.1, -0.05) is 13.8 Å². The van der Waals surface area contributed by atoms with E-state index in [4.69, 9.17) is 4.74 Å². The topological polar surface area (TPSA) is 41.6 Å². The summed E-state index contributed by atoms with van der Waals surface area (Å²) in [5.74, 6) is 0.680. The minimum absolute atomic E-state index is 0.0469. The molecule has 0 spiro atoms. The number of piperidine rings is 1. The van der Waals surface area contributed by atoms with Crippen molar-refractivity contribution < 1.29 is 9.53 Å². The molecule has 4 nitrogen and oxygen atoms in total. The summed E-state index contributed by atoms with van der Waals surface area (Å²) in [6.45, 7) is 11.2. The van der Waals surface area contributed by atoms with Gasteiger partial charge in [-0.15, -0.1) is 0 Å². The van der Waals surface area contributed by atoms with Crippen molar-refractivity contribution in [3.8, 4) is 0 Å². The highest BCUT2D eigenvalue weighted by atomic mass is 16.5. The van der Waals surface area contributed by atoms with Gasteiger partial charge >= 0.3 is 0 Å². The molecular formula is C15H28N2O2. The van der Waals surface area contributed by atoms with Crippen LogP contribution < -0.4 is 5.32 Å². The molecule has 4 atom stereocenters. The van der Waals surface area contributed by atoms with Crippen LogP contribution in [0.2, 0.25) is 0 Å². The molecule has 0 aliphatic carbocycles. The number of hydrogen-bond acceptors (Lipinski definition) is 3. The standard InChI is InChI=1S/C15H28N2O2/c1-5-16-13-6-8-17(9-7-13)15(18)14-10(2)11(3)19-12(14)4/h10-14,16H,5-9H2,1-4H3. The number of ether oxygens (including phenoxy) is 1. The molecule has 19 heavy (non-hydrogen) atoms. The third-order valence-corrected chi connectivity index (χ3v) is 4.83. The Morgan fingerprint density at radius 3 is 2.32 bits per heavy atom. The first-order valence-corrected chi connectivity index (χ1v) is 7.72. The maximum absolute atomic E-state index is 12.7. The summed E-state index contributed by atoms with van der Waals surface area (Å²) in [6, 6.07) is 0.586. The van der Waals surface area contributed by atoms with Gasteiger partial charge < -0.3 is 15.0 Å². The van der Waals surface area contributed by atoms with Crippen LogP contribution in [0.1, 0.15) is 40.5 Å². The molecule has 0 aromatic rings. The Morgan fingerprint density at radius 1 is 1.21 bits per heavy atom. The molecular weight excluding hydrogens is 240 g/mol. The van der Waals surface area contributed by atoms with E-state index in [1.165, 1.54) is 0 Å². The second-order valence-electron chi connectivity index (χ2n) is 6.09. The Hall–Kier alpha value is -0.610. The second-order valence-corrected chi connectivity index (χ2v) is 6.09. The average Bonchev–Trinajstić information content (AvgIpc) is 2.64. The third kappa shape index (κ3) is 3.11. The molecule has 4 unspecified atom stereocenters. The zero-order chi connectivity index (χ0) is 14.0. The van der Waals surface area contributed by atoms with Crippen molar-refractivity contribution in [3.63, 3.8) is 0 Å². The molecule has 2 heterocycles. The lowest BCUT2D eigenvalue weighted by atomic mass is 9.87. The smallest absolute Gasteiger partial charge is 0.228 e. The Labute approximate surface area is 116 Å². The van der Waals surface area contributed by atoms with E-state index in [0.717, 1.165) is 32.5 Å². The van der Waals surface area contributed by atoms with Gasteiger partial charge in [-0.3, -0.25) is 4.79 Å². The first kappa shape index (κ1) is 14.8. The summed E-state index contributed by atoms with van der Waals surface area (Å²) in [5, 5.41) is 3.48. The minimum atomic E-state index is 0.0469. The van der Waals surface area contributed by atoms with Crippen molar-refractivity contribution in [1.29, 1.82) is 0 Å². The predicted octanol–water partition coefficient (Wildman–Crippen LogP) is 1.65. The Kier molecular flexibility index (Phi) is 4.85. The molecule has 4 heteroatoms. The number of nitrogens with zero attached hydrogens (tertiary/aromatic N) is 1. The van der Waals surface area contributed by atoms with Crippen molar-refractivity contribution in [3.05, 3.63) is 0 Å². The minimum Gasteiger partial charge on any atom is -0.374 e. The number of nitrogens with one attached hydrogen (secondary N) is 1. The normalized spacial score (nSPS) is 36.7. The van der Waals surface area contributed by atoms with Crippen molar-refractivity contribution in [2.45, 2.75) is 58.8 Å². The number of amides is 1. The van der Waals surface area contributed by atoms with Crippen molar-refractivity contribution in [2.24, 2.45) is 11.8 Å². The van der Waals surface area contributed by atoms with Gasteiger partial charge in [0.25, 0.3) is 0 Å². The lowest BCUT2D eigenvalue weighted by Gasteiger charge is -2.35. The van der Waals surface area contributed by atoms with Gasteiger partial charge in [0.2, 0.25) is 5.91 Å². The fraction of sp³-hybridized carbons (Fsp3) is 0.933. The van der Waals surface area contributed by atoms with Gasteiger partial charge in [0.15, 0.2) is 0 Å². The van der Waals surface area contributed by atoms with Crippen LogP contribution in [0, 0.1) is 11.8 Å². The summed E-state index contributed by atoms with van der Waals surface area (Å²) in [6.07, 6.45) is 2.41. The Morgan fingerprint density at radius 2 is 1.84 bits per heavy atom. The summed E-state index contributed by atoms with van der Waals surface area (Å²) >= 11 is 0. The zero-order valence-electron chi connectivity index (χ0n) is 12.7. The molecule has 0 aromatic heterocycles. The lowest BCUT2D eigenvalue weighted by molar-refractivity contribution is -0.139. The van der Waals surface area contributed by atoms with Crippen LogP contribution in [-0.2, 0) is 9.53 Å². The van der Waals surface area contributed by atoms with Crippen LogP contribution in [0.15, 0.2) is 0 Å². The van der Waals surface area contributed by atoms with Gasteiger partial charge in [0, 0.05) is 19.1 Å². The van der Waals surface area contributed by atoms with Crippen molar-refractivity contribution in [1.82, 2.24) is 10.2 Å². The molecule has 2 fully saturated rings. The van der Waals surface area contributed by atoms with Gasteiger partial charge in [-0.2, -0.15) is 0 Å². The number of hydrogen-bond donors (Lipinski definition) is 1. The molecule has 0 saturated carbocycles. The molecule has 0 aromatic carbocycles. The van der Waals surface area contributed by atoms with E-state index >= 15 is 0 Å². The molecule has 1 N–H and O–H groups in total. The van der Waals surface area contributed by atoms with E-state index in [2.05, 4.69) is 26.1 Å². The summed E-state index contributed by atoms with van der Waals surface area (Å²) in [5.41, 5.74) is 0. The van der Waals surface area contributed by atoms with Gasteiger partial charge in [0.1, 0.15) is 0 Å². The molecule has 2 rings (SSSR count). The van der Waals surface area contributed by atoms with Gasteiger partial charge in [-0.25, -0.2) is 0 Å². The van der Waals surface area contributed by atoms with E-state index in [1.54, 1.807) is 0 Å². The fourth-order valence-electron chi connectivity index (χ4n) is 3.50. The number of rotatable bonds is 3. The number of carbonyl (C=O) groups is 1. The van der Waals surface area contributed by atoms with Crippen molar-refractivity contribution >= 4 is 5.91 Å². The quantitative estimate of drug-likeness (QED) is 0.846. The zero-order valence-corrected chi connectivity index (χ0v) is 12.7. The van der Waals surface area contributed by atoms with E-state index < -0.39 is 0 Å². The molecule has 2 saturated heterocycles. The van der Waals surface area contributed by atoms with Crippen LogP contribution in [0.5, 0.6) is 0 Å². The fourth-order valence-corrected chi connectivity index (χ4v) is 3.50. The average molecular weight is 268 g/mol. The lowest BCUT2D eigenvalue weighted by Crippen LogP contribution is -2.48. The highest BCUT2D eigenvalue weighted by Gasteiger charge is 2.43. The third-order valence-electron chi connectivity index (χ3n) is 4.83. The van der Waals surface area contributed by atoms with E-state index in [1.807, 2.05) is 11.8 Å². The SMILES string of the molecule is CCNC1CCN(C(=O)C2C(C)OC(C)C2C)CC1. The van der Waals surface area contributed by atoms with Crippen LogP contribution in [0.25, 0.3) is 0 Å². The van der Waals surface area contributed by atoms with E-state index in [9.17, 15) is 4.79 Å². The molecule has 2 aliphatic rings. The number of carbonyl (C=O) groups excluding carboxylic acids is 1. The first-order valence-electron chi connectivity index (χ1n) is 7.72.